The Morgan fingerprint density at radius 2 is 2.10 bits per heavy atom. The van der Waals surface area contributed by atoms with E-state index in [1.165, 1.54) is 10.9 Å². The van der Waals surface area contributed by atoms with Crippen LogP contribution in [-0.4, -0.2) is 0 Å². The highest BCUT2D eigenvalue weighted by Gasteiger charge is 1.91. The molecule has 52 valence electrons. The second-order valence-electron chi connectivity index (χ2n) is 2.19. The Morgan fingerprint density at radius 1 is 1.40 bits per heavy atom. The van der Waals surface area contributed by atoms with E-state index < -0.39 is 0 Å². The smallest absolute Gasteiger partial charge is 0.00940 e. The summed E-state index contributed by atoms with van der Waals surface area (Å²) in [5.74, 6) is 0. The van der Waals surface area contributed by atoms with E-state index >= 15 is 0 Å². The maximum absolute atomic E-state index is 3.69. The van der Waals surface area contributed by atoms with Crippen molar-refractivity contribution in [3.63, 3.8) is 0 Å². The van der Waals surface area contributed by atoms with Crippen molar-refractivity contribution in [2.75, 3.05) is 0 Å². The van der Waals surface area contributed by atoms with Crippen LogP contribution in [0.3, 0.4) is 0 Å². The minimum Gasteiger partial charge on any atom is -0.105 e. The Bertz CT molecular complexity index is 228. The van der Waals surface area contributed by atoms with Gasteiger partial charge in [-0.15, -0.1) is 15.8 Å². The van der Waals surface area contributed by atoms with Crippen LogP contribution < -0.4 is 5.30 Å². The molecule has 1 rings (SSSR count). The van der Waals surface area contributed by atoms with Gasteiger partial charge in [0.25, 0.3) is 0 Å². The average molecular weight is 150 g/mol. The van der Waals surface area contributed by atoms with E-state index in [-0.39, 0.29) is 0 Å². The van der Waals surface area contributed by atoms with Gasteiger partial charge in [0, 0.05) is 0 Å². The standard InChI is InChI=1S/C9H11P/c1-2-5-8-6-3-4-7-9(8)10/h2-4,6-7H,1,5,10H2. The Morgan fingerprint density at radius 3 is 2.70 bits per heavy atom. The highest BCUT2D eigenvalue weighted by Crippen LogP contribution is 2.01. The molecule has 0 nitrogen and oxygen atoms in total. The molecule has 0 aliphatic heterocycles. The zero-order valence-electron chi connectivity index (χ0n) is 5.88. The lowest BCUT2D eigenvalue weighted by molar-refractivity contribution is 1.30. The van der Waals surface area contributed by atoms with Crippen LogP contribution in [0, 0.1) is 0 Å². The lowest BCUT2D eigenvalue weighted by Crippen LogP contribution is -1.98. The minimum absolute atomic E-state index is 0.958. The normalized spacial score (nSPS) is 9.30. The molecule has 0 N–H and O–H groups in total. The van der Waals surface area contributed by atoms with E-state index in [1.807, 2.05) is 18.2 Å². The predicted octanol–water partition coefficient (Wildman–Crippen LogP) is 1.92. The van der Waals surface area contributed by atoms with Crippen LogP contribution in [0.2, 0.25) is 0 Å². The van der Waals surface area contributed by atoms with Gasteiger partial charge in [0.1, 0.15) is 0 Å². The number of benzene rings is 1. The van der Waals surface area contributed by atoms with E-state index in [9.17, 15) is 0 Å². The van der Waals surface area contributed by atoms with Crippen LogP contribution in [0.15, 0.2) is 36.9 Å². The summed E-state index contributed by atoms with van der Waals surface area (Å²) in [7, 11) is 2.71. The topological polar surface area (TPSA) is 0 Å². The fraction of sp³-hybridized carbons (Fsp3) is 0.111. The molecular formula is C9H11P. The van der Waals surface area contributed by atoms with Crippen molar-refractivity contribution in [2.45, 2.75) is 6.42 Å². The van der Waals surface area contributed by atoms with Crippen LogP contribution in [0.5, 0.6) is 0 Å². The molecule has 10 heavy (non-hydrogen) atoms. The summed E-state index contributed by atoms with van der Waals surface area (Å²) in [6, 6.07) is 8.29. The maximum atomic E-state index is 3.69. The summed E-state index contributed by atoms with van der Waals surface area (Å²) in [6.07, 6.45) is 2.88. The minimum atomic E-state index is 0.958. The number of rotatable bonds is 2. The van der Waals surface area contributed by atoms with E-state index in [1.54, 1.807) is 0 Å². The predicted molar refractivity (Wildman–Crippen MR) is 49.7 cm³/mol. The third-order valence-electron chi connectivity index (χ3n) is 1.42. The molecular weight excluding hydrogens is 139 g/mol. The molecule has 0 saturated carbocycles. The first-order chi connectivity index (χ1) is 4.84. The SMILES string of the molecule is C=CCc1ccccc1P. The second-order valence-corrected chi connectivity index (χ2v) is 2.81. The largest absolute Gasteiger partial charge is 0.105 e. The van der Waals surface area contributed by atoms with Gasteiger partial charge < -0.3 is 0 Å². The number of hydrogen-bond donors (Lipinski definition) is 0. The van der Waals surface area contributed by atoms with Crippen molar-refractivity contribution in [1.82, 2.24) is 0 Å². The molecule has 1 atom stereocenters. The molecule has 0 aliphatic carbocycles. The summed E-state index contributed by atoms with van der Waals surface area (Å²) < 4.78 is 0. The third kappa shape index (κ3) is 1.68. The van der Waals surface area contributed by atoms with Crippen LogP contribution in [0.4, 0.5) is 0 Å². The van der Waals surface area contributed by atoms with Crippen molar-refractivity contribution in [2.24, 2.45) is 0 Å². The quantitative estimate of drug-likeness (QED) is 0.446. The second kappa shape index (κ2) is 3.53. The Balaban J connectivity index is 2.91. The molecule has 0 amide bonds. The molecule has 0 bridgehead atoms. The number of allylic oxidation sites excluding steroid dienone is 1. The van der Waals surface area contributed by atoms with Gasteiger partial charge in [0.05, 0.1) is 0 Å². The van der Waals surface area contributed by atoms with Gasteiger partial charge in [-0.3, -0.25) is 0 Å². The van der Waals surface area contributed by atoms with Gasteiger partial charge >= 0.3 is 0 Å². The van der Waals surface area contributed by atoms with Crippen LogP contribution in [0.1, 0.15) is 5.56 Å². The Labute approximate surface area is 64.2 Å². The first-order valence-corrected chi connectivity index (χ1v) is 3.86. The van der Waals surface area contributed by atoms with Crippen molar-refractivity contribution >= 4 is 14.5 Å². The van der Waals surface area contributed by atoms with Crippen LogP contribution in [-0.2, 0) is 6.42 Å². The van der Waals surface area contributed by atoms with E-state index in [0.717, 1.165) is 6.42 Å². The molecule has 0 radical (unpaired) electrons. The molecule has 0 aliphatic rings. The van der Waals surface area contributed by atoms with E-state index in [2.05, 4.69) is 28.0 Å². The van der Waals surface area contributed by atoms with Gasteiger partial charge in [-0.1, -0.05) is 30.3 Å². The molecule has 0 heterocycles. The first-order valence-electron chi connectivity index (χ1n) is 3.29. The molecule has 1 heteroatoms. The first kappa shape index (κ1) is 7.50. The summed E-state index contributed by atoms with van der Waals surface area (Å²) in [4.78, 5) is 0. The molecule has 0 saturated heterocycles. The molecule has 1 aromatic rings. The van der Waals surface area contributed by atoms with Gasteiger partial charge in [-0.05, 0) is 17.3 Å². The average Bonchev–Trinajstić information content (AvgIpc) is 1.94. The monoisotopic (exact) mass is 150 g/mol. The van der Waals surface area contributed by atoms with Gasteiger partial charge in [-0.2, -0.15) is 0 Å². The summed E-state index contributed by atoms with van der Waals surface area (Å²) in [5, 5.41) is 1.27. The van der Waals surface area contributed by atoms with Gasteiger partial charge in [-0.25, -0.2) is 0 Å². The molecule has 1 aromatic carbocycles. The summed E-state index contributed by atoms with van der Waals surface area (Å²) >= 11 is 0. The van der Waals surface area contributed by atoms with Crippen LogP contribution in [0.25, 0.3) is 0 Å². The van der Waals surface area contributed by atoms with Gasteiger partial charge in [0.15, 0.2) is 0 Å². The maximum Gasteiger partial charge on any atom is -0.00940 e. The fourth-order valence-electron chi connectivity index (χ4n) is 0.876. The van der Waals surface area contributed by atoms with Crippen molar-refractivity contribution < 1.29 is 0 Å². The third-order valence-corrected chi connectivity index (χ3v) is 1.98. The zero-order chi connectivity index (χ0) is 7.40. The molecule has 0 fully saturated rings. The molecule has 0 aromatic heterocycles. The lowest BCUT2D eigenvalue weighted by Gasteiger charge is -1.99. The Hall–Kier alpha value is -0.610. The van der Waals surface area contributed by atoms with Gasteiger partial charge in [0.2, 0.25) is 0 Å². The van der Waals surface area contributed by atoms with Crippen LogP contribution >= 0.6 is 9.24 Å². The van der Waals surface area contributed by atoms with Crippen molar-refractivity contribution in [1.29, 1.82) is 0 Å². The fourth-order valence-corrected chi connectivity index (χ4v) is 1.20. The van der Waals surface area contributed by atoms with Crippen molar-refractivity contribution in [3.05, 3.63) is 42.5 Å². The zero-order valence-corrected chi connectivity index (χ0v) is 7.03. The summed E-state index contributed by atoms with van der Waals surface area (Å²) in [5.41, 5.74) is 1.34. The Kier molecular flexibility index (Phi) is 2.65. The highest BCUT2D eigenvalue weighted by molar-refractivity contribution is 7.27. The molecule has 0 spiro atoms. The van der Waals surface area contributed by atoms with E-state index in [4.69, 9.17) is 0 Å². The number of hydrogen-bond acceptors (Lipinski definition) is 0. The van der Waals surface area contributed by atoms with E-state index in [0.29, 0.717) is 0 Å². The van der Waals surface area contributed by atoms with Crippen molar-refractivity contribution in [3.8, 4) is 0 Å². The lowest BCUT2D eigenvalue weighted by atomic mass is 10.1. The molecule has 1 unspecified atom stereocenters. The highest BCUT2D eigenvalue weighted by atomic mass is 31.0. The summed E-state index contributed by atoms with van der Waals surface area (Å²) in [6.45, 7) is 3.69.